The molecule has 6 heteroatoms. The van der Waals surface area contributed by atoms with Crippen LogP contribution in [0.3, 0.4) is 0 Å². The summed E-state index contributed by atoms with van der Waals surface area (Å²) in [5, 5.41) is 0. The molecule has 0 amide bonds. The van der Waals surface area contributed by atoms with Gasteiger partial charge in [-0.05, 0) is 40.2 Å². The van der Waals surface area contributed by atoms with Crippen LogP contribution in [0, 0.1) is 0 Å². The fourth-order valence-corrected chi connectivity index (χ4v) is 3.57. The minimum absolute atomic E-state index is 0.116. The van der Waals surface area contributed by atoms with Gasteiger partial charge in [-0.2, -0.15) is 17.9 Å². The fourth-order valence-electron chi connectivity index (χ4n) is 2.27. The summed E-state index contributed by atoms with van der Waals surface area (Å²) < 4.78 is 29.1. The smallest absolute Gasteiger partial charge is 0.277 e. The number of hydrogen-bond acceptors (Lipinski definition) is 3. The molecule has 0 aliphatic carbocycles. The molecule has 2 N–H and O–H groups in total. The zero-order chi connectivity index (χ0) is 16.8. The van der Waals surface area contributed by atoms with E-state index in [9.17, 15) is 8.42 Å². The molecule has 0 fully saturated rings. The van der Waals surface area contributed by atoms with Crippen molar-refractivity contribution in [2.75, 3.05) is 6.54 Å². The van der Waals surface area contributed by atoms with E-state index < -0.39 is 10.2 Å². The topological polar surface area (TPSA) is 61.4 Å². The van der Waals surface area contributed by atoms with Gasteiger partial charge in [0, 0.05) is 31.2 Å². The molecule has 5 nitrogen and oxygen atoms in total. The zero-order valence-electron chi connectivity index (χ0n) is 14.2. The largest absolute Gasteiger partial charge is 0.295 e. The first-order valence-corrected chi connectivity index (χ1v) is 9.25. The van der Waals surface area contributed by atoms with Crippen LogP contribution in [0.15, 0.2) is 30.3 Å². The molecule has 1 aromatic carbocycles. The maximum Gasteiger partial charge on any atom is 0.277 e. The first-order valence-electron chi connectivity index (χ1n) is 7.77. The Balaban J connectivity index is 2.63. The van der Waals surface area contributed by atoms with Gasteiger partial charge >= 0.3 is 0 Å². The van der Waals surface area contributed by atoms with Gasteiger partial charge in [0.05, 0.1) is 0 Å². The molecule has 0 aromatic heterocycles. The van der Waals surface area contributed by atoms with Gasteiger partial charge in [-0.3, -0.25) is 4.90 Å². The minimum Gasteiger partial charge on any atom is -0.295 e. The van der Waals surface area contributed by atoms with Gasteiger partial charge in [-0.25, -0.2) is 0 Å². The molecule has 0 aliphatic heterocycles. The van der Waals surface area contributed by atoms with Gasteiger partial charge in [0.15, 0.2) is 0 Å². The minimum atomic E-state index is -3.45. The maximum atomic E-state index is 11.9. The second-order valence-electron chi connectivity index (χ2n) is 6.30. The lowest BCUT2D eigenvalue weighted by molar-refractivity contribution is 0.199. The second-order valence-corrected chi connectivity index (χ2v) is 7.78. The van der Waals surface area contributed by atoms with E-state index >= 15 is 0 Å². The predicted octanol–water partition coefficient (Wildman–Crippen LogP) is 2.12. The molecule has 1 aromatic rings. The molecule has 1 rings (SSSR count). The number of benzene rings is 1. The Bertz CT molecular complexity index is 530. The van der Waals surface area contributed by atoms with Gasteiger partial charge in [-0.1, -0.05) is 30.3 Å². The number of nitrogens with zero attached hydrogens (tertiary/aromatic N) is 1. The van der Waals surface area contributed by atoms with Crippen molar-refractivity contribution in [2.24, 2.45) is 0 Å². The lowest BCUT2D eigenvalue weighted by Gasteiger charge is -2.29. The summed E-state index contributed by atoms with van der Waals surface area (Å²) in [6, 6.07) is 10.3. The van der Waals surface area contributed by atoms with Crippen LogP contribution in [-0.2, 0) is 16.8 Å². The van der Waals surface area contributed by atoms with Gasteiger partial charge in [0.25, 0.3) is 10.2 Å². The number of rotatable bonds is 9. The van der Waals surface area contributed by atoms with Crippen LogP contribution in [0.4, 0.5) is 0 Å². The van der Waals surface area contributed by atoms with Crippen molar-refractivity contribution in [2.45, 2.75) is 59.3 Å². The normalized spacial score (nSPS) is 14.0. The Morgan fingerprint density at radius 1 is 1.00 bits per heavy atom. The van der Waals surface area contributed by atoms with E-state index in [1.807, 2.05) is 25.1 Å². The standard InChI is InChI=1S/C16H29N3O2S/c1-13(2)17-22(20,21)18-15(5)11-19(14(3)4)12-16-9-7-6-8-10-16/h6-10,13-15,17-18H,11-12H2,1-5H3. The SMILES string of the molecule is CC(C)NS(=O)(=O)NC(C)CN(Cc1ccccc1)C(C)C. The molecule has 0 bridgehead atoms. The molecule has 1 atom stereocenters. The number of hydrogen-bond donors (Lipinski definition) is 2. The Hall–Kier alpha value is -0.950. The van der Waals surface area contributed by atoms with E-state index in [0.717, 1.165) is 6.54 Å². The summed E-state index contributed by atoms with van der Waals surface area (Å²) in [5.74, 6) is 0. The molecule has 0 saturated carbocycles. The number of nitrogens with one attached hydrogen (secondary N) is 2. The first kappa shape index (κ1) is 19.1. The molecule has 1 unspecified atom stereocenters. The van der Waals surface area contributed by atoms with E-state index in [1.54, 1.807) is 13.8 Å². The Morgan fingerprint density at radius 3 is 2.09 bits per heavy atom. The van der Waals surface area contributed by atoms with Gasteiger partial charge < -0.3 is 0 Å². The first-order chi connectivity index (χ1) is 10.2. The Labute approximate surface area is 135 Å². The Kier molecular flexibility index (Phi) is 7.48. The highest BCUT2D eigenvalue weighted by Crippen LogP contribution is 2.09. The van der Waals surface area contributed by atoms with Crippen LogP contribution in [0.5, 0.6) is 0 Å². The lowest BCUT2D eigenvalue weighted by atomic mass is 10.1. The molecular formula is C16H29N3O2S. The molecule has 0 heterocycles. The third-order valence-electron chi connectivity index (χ3n) is 3.21. The van der Waals surface area contributed by atoms with Crippen molar-refractivity contribution in [3.05, 3.63) is 35.9 Å². The molecule has 22 heavy (non-hydrogen) atoms. The van der Waals surface area contributed by atoms with E-state index in [1.165, 1.54) is 5.56 Å². The van der Waals surface area contributed by atoms with E-state index in [2.05, 4.69) is 40.3 Å². The van der Waals surface area contributed by atoms with Crippen LogP contribution in [-0.4, -0.2) is 38.0 Å². The van der Waals surface area contributed by atoms with Crippen LogP contribution >= 0.6 is 0 Å². The quantitative estimate of drug-likeness (QED) is 0.730. The van der Waals surface area contributed by atoms with Crippen LogP contribution in [0.25, 0.3) is 0 Å². The summed E-state index contributed by atoms with van der Waals surface area (Å²) in [6.45, 7) is 11.2. The summed E-state index contributed by atoms with van der Waals surface area (Å²) >= 11 is 0. The van der Waals surface area contributed by atoms with Crippen LogP contribution in [0.1, 0.15) is 40.2 Å². The van der Waals surface area contributed by atoms with Crippen molar-refractivity contribution in [1.82, 2.24) is 14.3 Å². The Morgan fingerprint density at radius 2 is 1.59 bits per heavy atom. The highest BCUT2D eigenvalue weighted by Gasteiger charge is 2.19. The van der Waals surface area contributed by atoms with Crippen molar-refractivity contribution in [3.8, 4) is 0 Å². The van der Waals surface area contributed by atoms with Crippen molar-refractivity contribution in [3.63, 3.8) is 0 Å². The van der Waals surface area contributed by atoms with Gasteiger partial charge in [0.1, 0.15) is 0 Å². The maximum absolute atomic E-state index is 11.9. The molecule has 0 spiro atoms. The van der Waals surface area contributed by atoms with Gasteiger partial charge in [0.2, 0.25) is 0 Å². The summed E-state index contributed by atoms with van der Waals surface area (Å²) in [6.07, 6.45) is 0. The van der Waals surface area contributed by atoms with Crippen LogP contribution < -0.4 is 9.44 Å². The van der Waals surface area contributed by atoms with E-state index in [0.29, 0.717) is 12.6 Å². The summed E-state index contributed by atoms with van der Waals surface area (Å²) in [7, 11) is -3.45. The fraction of sp³-hybridized carbons (Fsp3) is 0.625. The second kappa shape index (κ2) is 8.62. The van der Waals surface area contributed by atoms with Gasteiger partial charge in [-0.15, -0.1) is 0 Å². The average molecular weight is 327 g/mol. The summed E-state index contributed by atoms with van der Waals surface area (Å²) in [5.41, 5.74) is 1.23. The highest BCUT2D eigenvalue weighted by molar-refractivity contribution is 7.87. The summed E-state index contributed by atoms with van der Waals surface area (Å²) in [4.78, 5) is 2.26. The third kappa shape index (κ3) is 7.35. The van der Waals surface area contributed by atoms with Crippen molar-refractivity contribution < 1.29 is 8.42 Å². The molecule has 0 aliphatic rings. The van der Waals surface area contributed by atoms with E-state index in [-0.39, 0.29) is 12.1 Å². The monoisotopic (exact) mass is 327 g/mol. The molecular weight excluding hydrogens is 298 g/mol. The zero-order valence-corrected chi connectivity index (χ0v) is 15.0. The van der Waals surface area contributed by atoms with Crippen molar-refractivity contribution in [1.29, 1.82) is 0 Å². The van der Waals surface area contributed by atoms with Crippen molar-refractivity contribution >= 4 is 10.2 Å². The van der Waals surface area contributed by atoms with Crippen LogP contribution in [0.2, 0.25) is 0 Å². The highest BCUT2D eigenvalue weighted by atomic mass is 32.2. The average Bonchev–Trinajstić information content (AvgIpc) is 2.36. The molecule has 0 radical (unpaired) electrons. The van der Waals surface area contributed by atoms with E-state index in [4.69, 9.17) is 0 Å². The molecule has 0 saturated heterocycles. The predicted molar refractivity (Wildman–Crippen MR) is 91.8 cm³/mol. The lowest BCUT2D eigenvalue weighted by Crippen LogP contribution is -2.49. The molecule has 126 valence electrons. The third-order valence-corrected chi connectivity index (χ3v) is 4.71.